The van der Waals surface area contributed by atoms with Gasteiger partial charge in [0.2, 0.25) is 5.79 Å². The number of fused-ring (bicyclic) bond motifs is 2. The number of oxime groups is 1. The van der Waals surface area contributed by atoms with Gasteiger partial charge in [-0.25, -0.2) is 9.18 Å². The van der Waals surface area contributed by atoms with Crippen LogP contribution in [0.5, 0.6) is 11.5 Å². The molecule has 1 heterocycles. The van der Waals surface area contributed by atoms with Gasteiger partial charge in [-0.2, -0.15) is 0 Å². The summed E-state index contributed by atoms with van der Waals surface area (Å²) >= 11 is 1.73. The van der Waals surface area contributed by atoms with E-state index in [2.05, 4.69) is 37.4 Å². The Balaban J connectivity index is 1.40. The van der Waals surface area contributed by atoms with Gasteiger partial charge in [0, 0.05) is 48.3 Å². The van der Waals surface area contributed by atoms with Crippen LogP contribution >= 0.6 is 11.8 Å². The van der Waals surface area contributed by atoms with E-state index in [4.69, 9.17) is 28.9 Å². The number of rotatable bonds is 25. The summed E-state index contributed by atoms with van der Waals surface area (Å²) in [5, 5.41) is 24.9. The minimum absolute atomic E-state index is 0.0255. The van der Waals surface area contributed by atoms with Gasteiger partial charge in [0.15, 0.2) is 0 Å². The number of nitrogens with zero attached hydrogens (tertiary/aromatic N) is 2. The van der Waals surface area contributed by atoms with Gasteiger partial charge in [0.1, 0.15) is 30.0 Å². The lowest BCUT2D eigenvalue weighted by atomic mass is 9.55. The Kier molecular flexibility index (Phi) is 17.9. The molecule has 1 saturated carbocycles. The highest BCUT2D eigenvalue weighted by Crippen LogP contribution is 2.62. The van der Waals surface area contributed by atoms with Crippen molar-refractivity contribution in [2.45, 2.75) is 87.2 Å². The van der Waals surface area contributed by atoms with Crippen LogP contribution < -0.4 is 9.47 Å². The Bertz CT molecular complexity index is 2240. The zero-order valence-corrected chi connectivity index (χ0v) is 38.5. The summed E-state index contributed by atoms with van der Waals surface area (Å²) in [4.78, 5) is 23.7. The van der Waals surface area contributed by atoms with Gasteiger partial charge in [-0.3, -0.25) is 4.90 Å². The number of aliphatic hydroxyl groups excluding tert-OH is 2. The molecule has 7 rings (SSSR count). The second-order valence-corrected chi connectivity index (χ2v) is 18.2. The van der Waals surface area contributed by atoms with Gasteiger partial charge in [-0.15, -0.1) is 24.9 Å². The SMILES string of the molecule is C=CCCOC(=O)N(Cc1ccc(F)cc1)C1CC(=NOCc2ccccc2)C2=CC(CCCCO)C(CCCCO)C3c4cc(OCCSc5ccccc5)ccc4OC1(OCC=C)C23. The molecule has 0 saturated heterocycles. The van der Waals surface area contributed by atoms with E-state index in [0.717, 1.165) is 48.1 Å². The summed E-state index contributed by atoms with van der Waals surface area (Å²) in [6, 6.07) is 31.3. The number of amides is 1. The van der Waals surface area contributed by atoms with Crippen molar-refractivity contribution in [3.8, 4) is 11.5 Å². The molecule has 3 aliphatic rings. The number of hydrogen-bond donors (Lipinski definition) is 2. The maximum absolute atomic E-state index is 14.7. The van der Waals surface area contributed by atoms with Gasteiger partial charge in [0.05, 0.1) is 31.5 Å². The number of carbonyl (C=O) groups is 1. The lowest BCUT2D eigenvalue weighted by molar-refractivity contribution is -0.256. The summed E-state index contributed by atoms with van der Waals surface area (Å²) in [5.74, 6) is -0.518. The maximum atomic E-state index is 14.7. The minimum atomic E-state index is -1.51. The molecule has 10 nitrogen and oxygen atoms in total. The number of benzene rings is 4. The normalized spacial score (nSPS) is 22.3. The molecule has 2 N–H and O–H groups in total. The first kappa shape index (κ1) is 48.5. The van der Waals surface area contributed by atoms with Crippen molar-refractivity contribution in [1.82, 2.24) is 4.90 Å². The highest BCUT2D eigenvalue weighted by atomic mass is 32.2. The molecule has 2 aliphatic carbocycles. The molecule has 1 aliphatic heterocycles. The zero-order valence-electron chi connectivity index (χ0n) is 37.7. The van der Waals surface area contributed by atoms with Crippen LogP contribution in [0.4, 0.5) is 9.18 Å². The molecule has 6 unspecified atom stereocenters. The molecule has 0 aromatic heterocycles. The van der Waals surface area contributed by atoms with Crippen LogP contribution in [0.25, 0.3) is 0 Å². The first-order valence-corrected chi connectivity index (χ1v) is 24.2. The standard InChI is InChI=1S/C54H63FN2O8S/c1-3-5-31-62-53(60)57(37-39-22-24-42(55)25-23-39)50-36-48(56-64-38-40-16-8-6-9-17-40)46-34-41(18-12-14-28-58)45(21-13-15-29-59)51-47-35-43(61-32-33-66-44-19-10-7-11-20-44)26-27-49(47)65-54(50,52(46)51)63-30-4-2/h3-4,6-11,16-17,19-20,22-27,34-35,41,45,50-52,58-59H,1-2,5,12-15,18,21,28-33,36-38H2. The average molecular weight is 919 g/mol. The van der Waals surface area contributed by atoms with Crippen molar-refractivity contribution < 1.29 is 43.2 Å². The lowest BCUT2D eigenvalue weighted by Crippen LogP contribution is -2.70. The fraction of sp³-hybridized carbons (Fsp3) is 0.407. The first-order valence-electron chi connectivity index (χ1n) is 23.2. The molecule has 6 atom stereocenters. The second kappa shape index (κ2) is 24.4. The fourth-order valence-corrected chi connectivity index (χ4v) is 10.5. The summed E-state index contributed by atoms with van der Waals surface area (Å²) in [7, 11) is 0. The number of halogens is 1. The third-order valence-electron chi connectivity index (χ3n) is 12.7. The summed E-state index contributed by atoms with van der Waals surface area (Å²) in [6.45, 7) is 9.01. The quantitative estimate of drug-likeness (QED) is 0.0290. The van der Waals surface area contributed by atoms with Crippen molar-refractivity contribution in [3.63, 3.8) is 0 Å². The third kappa shape index (κ3) is 11.9. The molecule has 350 valence electrons. The first-order chi connectivity index (χ1) is 32.4. The molecule has 0 spiro atoms. The number of thioether (sulfide) groups is 1. The average Bonchev–Trinajstić information content (AvgIpc) is 3.34. The predicted molar refractivity (Wildman–Crippen MR) is 257 cm³/mol. The molecule has 66 heavy (non-hydrogen) atoms. The van der Waals surface area contributed by atoms with E-state index in [1.54, 1.807) is 40.9 Å². The van der Waals surface area contributed by atoms with Crippen LogP contribution in [0.1, 0.15) is 74.0 Å². The van der Waals surface area contributed by atoms with Crippen molar-refractivity contribution in [1.29, 1.82) is 0 Å². The Morgan fingerprint density at radius 3 is 2.36 bits per heavy atom. The molecule has 1 amide bonds. The lowest BCUT2D eigenvalue weighted by Gasteiger charge is -2.59. The molecule has 0 bridgehead atoms. The number of carbonyl (C=O) groups excluding carboxylic acids is 1. The largest absolute Gasteiger partial charge is 0.493 e. The maximum Gasteiger partial charge on any atom is 0.410 e. The van der Waals surface area contributed by atoms with Crippen molar-refractivity contribution >= 4 is 23.6 Å². The molecule has 12 heteroatoms. The van der Waals surface area contributed by atoms with Crippen molar-refractivity contribution in [3.05, 3.63) is 163 Å². The smallest absolute Gasteiger partial charge is 0.410 e. The number of unbranched alkanes of at least 4 members (excludes halogenated alkanes) is 2. The van der Waals surface area contributed by atoms with Crippen LogP contribution in [0.15, 0.2) is 150 Å². The van der Waals surface area contributed by atoms with E-state index >= 15 is 0 Å². The van der Waals surface area contributed by atoms with Crippen LogP contribution in [0.2, 0.25) is 0 Å². The topological polar surface area (TPSA) is 119 Å². The molecule has 1 fully saturated rings. The Morgan fingerprint density at radius 2 is 1.64 bits per heavy atom. The molecule has 4 aromatic rings. The highest BCUT2D eigenvalue weighted by Gasteiger charge is 2.65. The third-order valence-corrected chi connectivity index (χ3v) is 13.7. The molecule has 0 radical (unpaired) electrons. The number of hydrogen-bond acceptors (Lipinski definition) is 10. The van der Waals surface area contributed by atoms with Crippen molar-refractivity contribution in [2.75, 3.05) is 38.8 Å². The monoisotopic (exact) mass is 918 g/mol. The molecular weight excluding hydrogens is 856 g/mol. The van der Waals surface area contributed by atoms with Crippen LogP contribution in [0, 0.1) is 23.6 Å². The number of aliphatic hydroxyl groups is 2. The van der Waals surface area contributed by atoms with Crippen LogP contribution in [-0.2, 0) is 27.5 Å². The Morgan fingerprint density at radius 1 is 0.894 bits per heavy atom. The minimum Gasteiger partial charge on any atom is -0.493 e. The highest BCUT2D eigenvalue weighted by molar-refractivity contribution is 7.99. The second-order valence-electron chi connectivity index (χ2n) is 17.0. The summed E-state index contributed by atoms with van der Waals surface area (Å²) < 4.78 is 41.3. The summed E-state index contributed by atoms with van der Waals surface area (Å²) in [5.41, 5.74) is 4.17. The van der Waals surface area contributed by atoms with E-state index in [0.29, 0.717) is 48.6 Å². The number of ether oxygens (including phenoxy) is 4. The van der Waals surface area contributed by atoms with Gasteiger partial charge >= 0.3 is 6.09 Å². The van der Waals surface area contributed by atoms with E-state index in [1.807, 2.05) is 60.7 Å². The van der Waals surface area contributed by atoms with Crippen LogP contribution in [0.3, 0.4) is 0 Å². The van der Waals surface area contributed by atoms with Crippen molar-refractivity contribution in [2.24, 2.45) is 22.9 Å². The summed E-state index contributed by atoms with van der Waals surface area (Å²) in [6.07, 6.45) is 10.2. The van der Waals surface area contributed by atoms with Gasteiger partial charge in [0.25, 0.3) is 0 Å². The van der Waals surface area contributed by atoms with Crippen LogP contribution in [-0.4, -0.2) is 77.5 Å². The van der Waals surface area contributed by atoms with E-state index < -0.39 is 29.7 Å². The fourth-order valence-electron chi connectivity index (χ4n) is 9.73. The molecule has 4 aromatic carbocycles. The van der Waals surface area contributed by atoms with E-state index in [1.165, 1.54) is 17.0 Å². The Labute approximate surface area is 393 Å². The number of allylic oxidation sites excluding steroid dienone is 1. The van der Waals surface area contributed by atoms with Gasteiger partial charge in [-0.1, -0.05) is 96.9 Å². The predicted octanol–water partition coefficient (Wildman–Crippen LogP) is 11.0. The molecular formula is C54H63FN2O8S. The van der Waals surface area contributed by atoms with E-state index in [-0.39, 0.29) is 63.8 Å². The van der Waals surface area contributed by atoms with E-state index in [9.17, 15) is 19.4 Å². The van der Waals surface area contributed by atoms with Gasteiger partial charge in [-0.05, 0) is 103 Å². The van der Waals surface area contributed by atoms with Gasteiger partial charge < -0.3 is 34.0 Å². The Hall–Kier alpha value is -5.40. The zero-order chi connectivity index (χ0) is 46.1.